The lowest BCUT2D eigenvalue weighted by Crippen LogP contribution is -2.41. The molecule has 1 atom stereocenters. The van der Waals surface area contributed by atoms with Crippen molar-refractivity contribution < 1.29 is 27.8 Å². The summed E-state index contributed by atoms with van der Waals surface area (Å²) in [6.45, 7) is 0.742. The number of amides is 1. The average Bonchev–Trinajstić information content (AvgIpc) is 3.23. The van der Waals surface area contributed by atoms with E-state index in [0.29, 0.717) is 30.4 Å². The lowest BCUT2D eigenvalue weighted by atomic mass is 10.2. The average molecular weight is 431 g/mol. The van der Waals surface area contributed by atoms with Gasteiger partial charge < -0.3 is 23.9 Å². The molecule has 1 aliphatic rings. The van der Waals surface area contributed by atoms with Crippen LogP contribution >= 0.6 is 11.8 Å². The first-order valence-corrected chi connectivity index (χ1v) is 10.1. The van der Waals surface area contributed by atoms with Gasteiger partial charge in [-0.15, -0.1) is 10.2 Å². The number of benzene rings is 2. The van der Waals surface area contributed by atoms with Crippen molar-refractivity contribution in [3.8, 4) is 17.2 Å². The Labute approximate surface area is 175 Å². The molecular weight excluding hydrogens is 413 g/mol. The summed E-state index contributed by atoms with van der Waals surface area (Å²) in [6, 6.07) is 13.0. The predicted octanol–water partition coefficient (Wildman–Crippen LogP) is 2.84. The van der Waals surface area contributed by atoms with Gasteiger partial charge in [0.25, 0.3) is 11.1 Å². The van der Waals surface area contributed by atoms with Gasteiger partial charge in [0.15, 0.2) is 18.1 Å². The molecule has 0 saturated heterocycles. The molecule has 0 radical (unpaired) electrons. The van der Waals surface area contributed by atoms with E-state index >= 15 is 0 Å². The molecule has 0 fully saturated rings. The summed E-state index contributed by atoms with van der Waals surface area (Å²) in [5, 5.41) is 10.8. The Morgan fingerprint density at radius 3 is 2.80 bits per heavy atom. The standard InChI is InChI=1S/C20H18FN3O5S/c21-13-5-7-14(8-6-13)26-11-19-23-24-20(29-19)30-12-18(25)22-9-15-10-27-16-3-1-2-4-17(16)28-15/h1-8,15H,9-12H2,(H,22,25)/t15-/m1/s1. The molecule has 30 heavy (non-hydrogen) atoms. The number of para-hydroxylation sites is 2. The number of rotatable bonds is 8. The molecule has 8 nitrogen and oxygen atoms in total. The minimum Gasteiger partial charge on any atom is -0.486 e. The Kier molecular flexibility index (Phi) is 6.33. The van der Waals surface area contributed by atoms with Crippen LogP contribution < -0.4 is 19.5 Å². The number of thioether (sulfide) groups is 1. The van der Waals surface area contributed by atoms with Crippen LogP contribution in [0.4, 0.5) is 4.39 Å². The molecule has 156 valence electrons. The van der Waals surface area contributed by atoms with Gasteiger partial charge in [-0.05, 0) is 36.4 Å². The van der Waals surface area contributed by atoms with E-state index in [0.717, 1.165) is 11.8 Å². The zero-order valence-corrected chi connectivity index (χ0v) is 16.6. The first-order valence-electron chi connectivity index (χ1n) is 9.14. The van der Waals surface area contributed by atoms with Crippen molar-refractivity contribution in [3.05, 3.63) is 60.2 Å². The van der Waals surface area contributed by atoms with Crippen LogP contribution in [0.3, 0.4) is 0 Å². The van der Waals surface area contributed by atoms with Crippen LogP contribution in [0.2, 0.25) is 0 Å². The van der Waals surface area contributed by atoms with Crippen LogP contribution in [0, 0.1) is 5.82 Å². The first kappa shape index (κ1) is 20.0. The van der Waals surface area contributed by atoms with Crippen molar-refractivity contribution in [1.29, 1.82) is 0 Å². The first-order chi connectivity index (χ1) is 14.7. The minimum absolute atomic E-state index is 0.0475. The zero-order chi connectivity index (χ0) is 20.8. The maximum absolute atomic E-state index is 12.9. The highest BCUT2D eigenvalue weighted by Crippen LogP contribution is 2.30. The Morgan fingerprint density at radius 1 is 1.17 bits per heavy atom. The summed E-state index contributed by atoms with van der Waals surface area (Å²) >= 11 is 1.12. The fourth-order valence-electron chi connectivity index (χ4n) is 2.60. The lowest BCUT2D eigenvalue weighted by molar-refractivity contribution is -0.119. The SMILES string of the molecule is O=C(CSc1nnc(COc2ccc(F)cc2)o1)NC[C@@H]1COc2ccccc2O1. The van der Waals surface area contributed by atoms with E-state index in [1.165, 1.54) is 24.3 Å². The van der Waals surface area contributed by atoms with E-state index in [9.17, 15) is 9.18 Å². The van der Waals surface area contributed by atoms with Crippen molar-refractivity contribution in [2.24, 2.45) is 0 Å². The molecule has 1 N–H and O–H groups in total. The number of carbonyl (C=O) groups is 1. The smallest absolute Gasteiger partial charge is 0.277 e. The second-order valence-electron chi connectivity index (χ2n) is 6.29. The van der Waals surface area contributed by atoms with Crippen LogP contribution in [0.1, 0.15) is 5.89 Å². The van der Waals surface area contributed by atoms with Gasteiger partial charge in [-0.1, -0.05) is 23.9 Å². The Hall–Kier alpha value is -3.27. The van der Waals surface area contributed by atoms with E-state index in [1.807, 2.05) is 24.3 Å². The van der Waals surface area contributed by atoms with Crippen LogP contribution in [0.15, 0.2) is 58.2 Å². The van der Waals surface area contributed by atoms with Gasteiger partial charge in [0.2, 0.25) is 5.91 Å². The highest BCUT2D eigenvalue weighted by molar-refractivity contribution is 7.99. The van der Waals surface area contributed by atoms with Crippen molar-refractivity contribution in [1.82, 2.24) is 15.5 Å². The number of hydrogen-bond acceptors (Lipinski definition) is 8. The van der Waals surface area contributed by atoms with Crippen LogP contribution in [0.25, 0.3) is 0 Å². The summed E-state index contributed by atoms with van der Waals surface area (Å²) in [5.41, 5.74) is 0. The molecular formula is C20H18FN3O5S. The molecule has 0 saturated carbocycles. The van der Waals surface area contributed by atoms with Gasteiger partial charge in [-0.3, -0.25) is 4.79 Å². The number of nitrogens with zero attached hydrogens (tertiary/aromatic N) is 2. The second-order valence-corrected chi connectivity index (χ2v) is 7.22. The molecule has 4 rings (SSSR count). The summed E-state index contributed by atoms with van der Waals surface area (Å²) < 4.78 is 35.2. The van der Waals surface area contributed by atoms with E-state index in [1.54, 1.807) is 0 Å². The highest BCUT2D eigenvalue weighted by Gasteiger charge is 2.21. The number of hydrogen-bond donors (Lipinski definition) is 1. The number of ether oxygens (including phenoxy) is 3. The van der Waals surface area contributed by atoms with Gasteiger partial charge in [0.05, 0.1) is 12.3 Å². The van der Waals surface area contributed by atoms with Crippen molar-refractivity contribution in [2.45, 2.75) is 17.9 Å². The van der Waals surface area contributed by atoms with Gasteiger partial charge >= 0.3 is 0 Å². The molecule has 1 aliphatic heterocycles. The summed E-state index contributed by atoms with van der Waals surface area (Å²) in [7, 11) is 0. The van der Waals surface area contributed by atoms with E-state index in [2.05, 4.69) is 15.5 Å². The highest BCUT2D eigenvalue weighted by atomic mass is 32.2. The molecule has 2 heterocycles. The third-order valence-electron chi connectivity index (χ3n) is 4.05. The Balaban J connectivity index is 1.17. The van der Waals surface area contributed by atoms with E-state index in [-0.39, 0.29) is 41.3 Å². The maximum atomic E-state index is 12.9. The normalized spacial score (nSPS) is 14.9. The molecule has 0 bridgehead atoms. The largest absolute Gasteiger partial charge is 0.486 e. The Morgan fingerprint density at radius 2 is 1.97 bits per heavy atom. The molecule has 1 amide bonds. The molecule has 2 aromatic carbocycles. The molecule has 0 unspecified atom stereocenters. The summed E-state index contributed by atoms with van der Waals surface area (Å²) in [4.78, 5) is 12.1. The lowest BCUT2D eigenvalue weighted by Gasteiger charge is -2.26. The van der Waals surface area contributed by atoms with Crippen molar-refractivity contribution >= 4 is 17.7 Å². The summed E-state index contributed by atoms with van der Waals surface area (Å²) in [6.07, 6.45) is -0.257. The monoisotopic (exact) mass is 431 g/mol. The predicted molar refractivity (Wildman–Crippen MR) is 105 cm³/mol. The number of fused-ring (bicyclic) bond motifs is 1. The van der Waals surface area contributed by atoms with Crippen LogP contribution in [0.5, 0.6) is 17.2 Å². The molecule has 3 aromatic rings. The Bertz CT molecular complexity index is 998. The van der Waals surface area contributed by atoms with Crippen molar-refractivity contribution in [2.75, 3.05) is 18.9 Å². The van der Waals surface area contributed by atoms with Gasteiger partial charge in [-0.2, -0.15) is 0 Å². The van der Waals surface area contributed by atoms with E-state index in [4.69, 9.17) is 18.6 Å². The zero-order valence-electron chi connectivity index (χ0n) is 15.7. The maximum Gasteiger partial charge on any atom is 0.277 e. The molecule has 0 spiro atoms. The van der Waals surface area contributed by atoms with Gasteiger partial charge in [0.1, 0.15) is 24.3 Å². The fraction of sp³-hybridized carbons (Fsp3) is 0.250. The van der Waals surface area contributed by atoms with Gasteiger partial charge in [-0.25, -0.2) is 4.39 Å². The number of halogens is 1. The molecule has 0 aliphatic carbocycles. The number of aromatic nitrogens is 2. The number of carbonyl (C=O) groups excluding carboxylic acids is 1. The fourth-order valence-corrected chi connectivity index (χ4v) is 3.21. The van der Waals surface area contributed by atoms with Gasteiger partial charge in [0, 0.05) is 0 Å². The minimum atomic E-state index is -0.343. The third-order valence-corrected chi connectivity index (χ3v) is 4.86. The number of nitrogens with one attached hydrogen (secondary N) is 1. The van der Waals surface area contributed by atoms with Crippen LogP contribution in [-0.4, -0.2) is 41.1 Å². The summed E-state index contributed by atoms with van der Waals surface area (Å²) in [5.74, 6) is 1.69. The topological polar surface area (TPSA) is 95.7 Å². The molecule has 10 heteroatoms. The van der Waals surface area contributed by atoms with E-state index < -0.39 is 0 Å². The quantitative estimate of drug-likeness (QED) is 0.544. The third kappa shape index (κ3) is 5.41. The molecule has 1 aromatic heterocycles. The van der Waals surface area contributed by atoms with Crippen molar-refractivity contribution in [3.63, 3.8) is 0 Å². The second kappa shape index (κ2) is 9.49. The van der Waals surface area contributed by atoms with Crippen LogP contribution in [-0.2, 0) is 11.4 Å².